The molecule has 4 rings (SSSR count). The molecule has 26 heavy (non-hydrogen) atoms. The Balaban J connectivity index is 1.37. The SMILES string of the molecule is O=C(c1ccccc1Cl)N1CCN(c2ccc(N3CCCC3)cc2)CC1. The van der Waals surface area contributed by atoms with Gasteiger partial charge in [0.2, 0.25) is 0 Å². The van der Waals surface area contributed by atoms with Crippen molar-refractivity contribution in [3.63, 3.8) is 0 Å². The maximum Gasteiger partial charge on any atom is 0.255 e. The molecule has 0 bridgehead atoms. The minimum absolute atomic E-state index is 0.0274. The summed E-state index contributed by atoms with van der Waals surface area (Å²) in [6.07, 6.45) is 2.59. The van der Waals surface area contributed by atoms with Gasteiger partial charge in [-0.05, 0) is 49.2 Å². The summed E-state index contributed by atoms with van der Waals surface area (Å²) in [5, 5.41) is 0.525. The number of carbonyl (C=O) groups is 1. The Kier molecular flexibility index (Phi) is 5.02. The minimum atomic E-state index is 0.0274. The lowest BCUT2D eigenvalue weighted by Crippen LogP contribution is -2.48. The number of nitrogens with zero attached hydrogens (tertiary/aromatic N) is 3. The van der Waals surface area contributed by atoms with Gasteiger partial charge in [0, 0.05) is 50.6 Å². The lowest BCUT2D eigenvalue weighted by Gasteiger charge is -2.36. The molecule has 0 spiro atoms. The highest BCUT2D eigenvalue weighted by molar-refractivity contribution is 6.33. The van der Waals surface area contributed by atoms with Gasteiger partial charge in [0.1, 0.15) is 0 Å². The van der Waals surface area contributed by atoms with Gasteiger partial charge >= 0.3 is 0 Å². The van der Waals surface area contributed by atoms with E-state index in [0.29, 0.717) is 10.6 Å². The fourth-order valence-electron chi connectivity index (χ4n) is 3.82. The molecule has 5 heteroatoms. The van der Waals surface area contributed by atoms with E-state index in [1.165, 1.54) is 37.3 Å². The van der Waals surface area contributed by atoms with Crippen molar-refractivity contribution in [2.75, 3.05) is 49.1 Å². The molecule has 2 heterocycles. The summed E-state index contributed by atoms with van der Waals surface area (Å²) in [6, 6.07) is 16.1. The summed E-state index contributed by atoms with van der Waals surface area (Å²) in [5.74, 6) is 0.0274. The van der Waals surface area contributed by atoms with E-state index in [1.54, 1.807) is 12.1 Å². The van der Waals surface area contributed by atoms with E-state index in [0.717, 1.165) is 26.2 Å². The number of carbonyl (C=O) groups excluding carboxylic acids is 1. The third kappa shape index (κ3) is 3.51. The van der Waals surface area contributed by atoms with E-state index < -0.39 is 0 Å². The van der Waals surface area contributed by atoms with Crippen LogP contribution in [0, 0.1) is 0 Å². The molecule has 2 aliphatic rings. The summed E-state index contributed by atoms with van der Waals surface area (Å²) in [7, 11) is 0. The first kappa shape index (κ1) is 17.2. The highest BCUT2D eigenvalue weighted by atomic mass is 35.5. The molecule has 0 unspecified atom stereocenters. The second-order valence-electron chi connectivity index (χ2n) is 6.97. The molecule has 0 aliphatic carbocycles. The number of hydrogen-bond donors (Lipinski definition) is 0. The predicted molar refractivity (Wildman–Crippen MR) is 107 cm³/mol. The number of piperazine rings is 1. The number of amides is 1. The van der Waals surface area contributed by atoms with E-state index in [9.17, 15) is 4.79 Å². The molecule has 4 nitrogen and oxygen atoms in total. The molecule has 2 aromatic rings. The Bertz CT molecular complexity index is 763. The maximum atomic E-state index is 12.7. The van der Waals surface area contributed by atoms with Crippen LogP contribution in [0.5, 0.6) is 0 Å². The molecule has 0 saturated carbocycles. The molecule has 0 radical (unpaired) electrons. The Hall–Kier alpha value is -2.20. The standard InChI is InChI=1S/C21H24ClN3O/c22-20-6-2-1-5-19(20)21(26)25-15-13-24(14-16-25)18-9-7-17(8-10-18)23-11-3-4-12-23/h1-2,5-10H,3-4,11-16H2. The second kappa shape index (κ2) is 7.58. The molecule has 0 atom stereocenters. The fourth-order valence-corrected chi connectivity index (χ4v) is 4.04. The number of halogens is 1. The molecule has 2 aliphatic heterocycles. The Labute approximate surface area is 160 Å². The van der Waals surface area contributed by atoms with Crippen LogP contribution in [0.3, 0.4) is 0 Å². The van der Waals surface area contributed by atoms with Gasteiger partial charge in [0.25, 0.3) is 5.91 Å². The van der Waals surface area contributed by atoms with Gasteiger partial charge in [-0.15, -0.1) is 0 Å². The lowest BCUT2D eigenvalue weighted by molar-refractivity contribution is 0.0747. The van der Waals surface area contributed by atoms with E-state index in [4.69, 9.17) is 11.6 Å². The lowest BCUT2D eigenvalue weighted by atomic mass is 10.1. The van der Waals surface area contributed by atoms with Crippen molar-refractivity contribution in [1.82, 2.24) is 4.90 Å². The third-order valence-electron chi connectivity index (χ3n) is 5.36. The molecule has 136 valence electrons. The van der Waals surface area contributed by atoms with Gasteiger partial charge in [0.15, 0.2) is 0 Å². The average Bonchev–Trinajstić information content (AvgIpc) is 3.23. The first-order chi connectivity index (χ1) is 12.7. The molecule has 0 aromatic heterocycles. The van der Waals surface area contributed by atoms with Crippen LogP contribution in [0.25, 0.3) is 0 Å². The van der Waals surface area contributed by atoms with Crippen LogP contribution in [0.1, 0.15) is 23.2 Å². The van der Waals surface area contributed by atoms with Gasteiger partial charge < -0.3 is 14.7 Å². The van der Waals surface area contributed by atoms with Crippen molar-refractivity contribution in [2.24, 2.45) is 0 Å². The van der Waals surface area contributed by atoms with Crippen molar-refractivity contribution in [1.29, 1.82) is 0 Å². The summed E-state index contributed by atoms with van der Waals surface area (Å²) in [5.41, 5.74) is 3.15. The van der Waals surface area contributed by atoms with Crippen LogP contribution in [-0.2, 0) is 0 Å². The topological polar surface area (TPSA) is 26.8 Å². The van der Waals surface area contributed by atoms with Crippen LogP contribution < -0.4 is 9.80 Å². The number of anilines is 2. The van der Waals surface area contributed by atoms with E-state index in [1.807, 2.05) is 17.0 Å². The zero-order valence-electron chi connectivity index (χ0n) is 14.9. The number of benzene rings is 2. The van der Waals surface area contributed by atoms with Gasteiger partial charge in [-0.3, -0.25) is 4.79 Å². The molecule has 2 aromatic carbocycles. The first-order valence-corrected chi connectivity index (χ1v) is 9.74. The molecular weight excluding hydrogens is 346 g/mol. The van der Waals surface area contributed by atoms with Gasteiger partial charge in [-0.25, -0.2) is 0 Å². The Morgan fingerprint density at radius 1 is 0.731 bits per heavy atom. The van der Waals surface area contributed by atoms with E-state index in [2.05, 4.69) is 34.1 Å². The van der Waals surface area contributed by atoms with Crippen molar-refractivity contribution in [3.05, 3.63) is 59.1 Å². The van der Waals surface area contributed by atoms with Crippen LogP contribution in [0.2, 0.25) is 5.02 Å². The van der Waals surface area contributed by atoms with E-state index >= 15 is 0 Å². The smallest absolute Gasteiger partial charge is 0.255 e. The summed E-state index contributed by atoms with van der Waals surface area (Å²) in [6.45, 7) is 5.47. The van der Waals surface area contributed by atoms with Crippen LogP contribution in [0.15, 0.2) is 48.5 Å². The van der Waals surface area contributed by atoms with Crippen LogP contribution in [-0.4, -0.2) is 50.1 Å². The van der Waals surface area contributed by atoms with Crippen molar-refractivity contribution in [3.8, 4) is 0 Å². The van der Waals surface area contributed by atoms with Crippen LogP contribution in [0.4, 0.5) is 11.4 Å². The fraction of sp³-hybridized carbons (Fsp3) is 0.381. The second-order valence-corrected chi connectivity index (χ2v) is 7.38. The van der Waals surface area contributed by atoms with Gasteiger partial charge in [-0.2, -0.15) is 0 Å². The maximum absolute atomic E-state index is 12.7. The van der Waals surface area contributed by atoms with Gasteiger partial charge in [0.05, 0.1) is 10.6 Å². The zero-order chi connectivity index (χ0) is 17.9. The van der Waals surface area contributed by atoms with E-state index in [-0.39, 0.29) is 5.91 Å². The number of rotatable bonds is 3. The van der Waals surface area contributed by atoms with Crippen molar-refractivity contribution < 1.29 is 4.79 Å². The largest absolute Gasteiger partial charge is 0.372 e. The predicted octanol–water partition coefficient (Wildman–Crippen LogP) is 3.90. The first-order valence-electron chi connectivity index (χ1n) is 9.36. The summed E-state index contributed by atoms with van der Waals surface area (Å²) in [4.78, 5) is 19.4. The zero-order valence-corrected chi connectivity index (χ0v) is 15.7. The van der Waals surface area contributed by atoms with Crippen molar-refractivity contribution in [2.45, 2.75) is 12.8 Å². The summed E-state index contributed by atoms with van der Waals surface area (Å²) >= 11 is 6.17. The highest BCUT2D eigenvalue weighted by Crippen LogP contribution is 2.25. The van der Waals surface area contributed by atoms with Crippen molar-refractivity contribution >= 4 is 28.9 Å². The Morgan fingerprint density at radius 3 is 1.85 bits per heavy atom. The van der Waals surface area contributed by atoms with Gasteiger partial charge in [-0.1, -0.05) is 23.7 Å². The number of hydrogen-bond acceptors (Lipinski definition) is 3. The normalized spacial score (nSPS) is 17.7. The monoisotopic (exact) mass is 369 g/mol. The molecule has 2 saturated heterocycles. The van der Waals surface area contributed by atoms with Crippen LogP contribution >= 0.6 is 11.6 Å². The molecule has 1 amide bonds. The Morgan fingerprint density at radius 2 is 1.27 bits per heavy atom. The molecule has 0 N–H and O–H groups in total. The molecular formula is C21H24ClN3O. The highest BCUT2D eigenvalue weighted by Gasteiger charge is 2.23. The third-order valence-corrected chi connectivity index (χ3v) is 5.69. The average molecular weight is 370 g/mol. The molecule has 2 fully saturated rings. The summed E-state index contributed by atoms with van der Waals surface area (Å²) < 4.78 is 0. The minimum Gasteiger partial charge on any atom is -0.372 e. The quantitative estimate of drug-likeness (QED) is 0.820.